The van der Waals surface area contributed by atoms with Gasteiger partial charge in [0.15, 0.2) is 0 Å². The molecule has 1 aliphatic carbocycles. The summed E-state index contributed by atoms with van der Waals surface area (Å²) in [5, 5.41) is 8.72. The van der Waals surface area contributed by atoms with Crippen LogP contribution >= 0.6 is 0 Å². The van der Waals surface area contributed by atoms with Crippen LogP contribution in [0.15, 0.2) is 0 Å². The third kappa shape index (κ3) is 4.08. The van der Waals surface area contributed by atoms with Gasteiger partial charge in [-0.25, -0.2) is 0 Å². The molecule has 1 rings (SSSR count). The van der Waals surface area contributed by atoms with Gasteiger partial charge in [-0.3, -0.25) is 0 Å². The molecular formula is C11H21N3. The zero-order valence-electron chi connectivity index (χ0n) is 9.29. The summed E-state index contributed by atoms with van der Waals surface area (Å²) in [6, 6.07) is 2.97. The molecule has 0 radical (unpaired) electrons. The standard InChI is InChI=1S/C11H21N3/c1-11(13,9-12)7-3-4-8-14(2)10-5-6-10/h10H,3-8,13H2,1-2H3. The first-order valence-electron chi connectivity index (χ1n) is 5.45. The molecular weight excluding hydrogens is 174 g/mol. The molecule has 2 N–H and O–H groups in total. The van der Waals surface area contributed by atoms with Crippen LogP contribution < -0.4 is 5.73 Å². The SMILES string of the molecule is CN(CCCCC(C)(N)C#N)C1CC1. The maximum absolute atomic E-state index is 8.72. The monoisotopic (exact) mass is 195 g/mol. The third-order valence-electron chi connectivity index (χ3n) is 2.88. The lowest BCUT2D eigenvalue weighted by molar-refractivity contribution is 0.311. The fraction of sp³-hybridized carbons (Fsp3) is 0.909. The number of hydrogen-bond acceptors (Lipinski definition) is 3. The highest BCUT2D eigenvalue weighted by atomic mass is 15.1. The Labute approximate surface area is 86.9 Å². The van der Waals surface area contributed by atoms with Gasteiger partial charge in [-0.15, -0.1) is 0 Å². The molecule has 0 aromatic carbocycles. The van der Waals surface area contributed by atoms with Crippen molar-refractivity contribution in [3.8, 4) is 6.07 Å². The smallest absolute Gasteiger partial charge is 0.101 e. The van der Waals surface area contributed by atoms with E-state index in [1.54, 1.807) is 6.92 Å². The maximum atomic E-state index is 8.72. The molecule has 0 saturated heterocycles. The van der Waals surface area contributed by atoms with E-state index in [4.69, 9.17) is 11.0 Å². The minimum absolute atomic E-state index is 0.627. The van der Waals surface area contributed by atoms with Gasteiger partial charge in [0.25, 0.3) is 0 Å². The normalized spacial score (nSPS) is 20.5. The zero-order chi connectivity index (χ0) is 10.6. The van der Waals surface area contributed by atoms with Crippen molar-refractivity contribution in [3.63, 3.8) is 0 Å². The molecule has 0 bridgehead atoms. The number of unbranched alkanes of at least 4 members (excludes halogenated alkanes) is 1. The number of nitrogens with zero attached hydrogens (tertiary/aromatic N) is 2. The fourth-order valence-corrected chi connectivity index (χ4v) is 1.61. The van der Waals surface area contributed by atoms with Crippen LogP contribution in [0, 0.1) is 11.3 Å². The van der Waals surface area contributed by atoms with Gasteiger partial charge >= 0.3 is 0 Å². The Bertz CT molecular complexity index is 213. The first kappa shape index (κ1) is 11.5. The van der Waals surface area contributed by atoms with Crippen LogP contribution in [0.5, 0.6) is 0 Å². The van der Waals surface area contributed by atoms with Gasteiger partial charge in [0.2, 0.25) is 0 Å². The van der Waals surface area contributed by atoms with Gasteiger partial charge in [0, 0.05) is 6.04 Å². The van der Waals surface area contributed by atoms with Gasteiger partial charge in [-0.2, -0.15) is 5.26 Å². The van der Waals surface area contributed by atoms with Gasteiger partial charge in [0.05, 0.1) is 6.07 Å². The fourth-order valence-electron chi connectivity index (χ4n) is 1.61. The molecule has 80 valence electrons. The highest BCUT2D eigenvalue weighted by molar-refractivity contribution is 5.00. The predicted molar refractivity (Wildman–Crippen MR) is 57.7 cm³/mol. The molecule has 1 atom stereocenters. The van der Waals surface area contributed by atoms with Gasteiger partial charge < -0.3 is 10.6 Å². The molecule has 0 amide bonds. The lowest BCUT2D eigenvalue weighted by Crippen LogP contribution is -2.34. The van der Waals surface area contributed by atoms with E-state index in [0.29, 0.717) is 0 Å². The van der Waals surface area contributed by atoms with Crippen molar-refractivity contribution in [2.75, 3.05) is 13.6 Å². The molecule has 0 heterocycles. The molecule has 0 aliphatic heterocycles. The Hall–Kier alpha value is -0.590. The van der Waals surface area contributed by atoms with E-state index in [2.05, 4.69) is 18.0 Å². The van der Waals surface area contributed by atoms with E-state index in [1.165, 1.54) is 12.8 Å². The molecule has 0 aromatic heterocycles. The molecule has 0 aromatic rings. The summed E-state index contributed by atoms with van der Waals surface area (Å²) in [6.45, 7) is 2.95. The lowest BCUT2D eigenvalue weighted by atomic mass is 9.98. The first-order valence-corrected chi connectivity index (χ1v) is 5.45. The first-order chi connectivity index (χ1) is 6.55. The van der Waals surface area contributed by atoms with E-state index in [0.717, 1.165) is 31.8 Å². The molecule has 14 heavy (non-hydrogen) atoms. The Balaban J connectivity index is 2.01. The highest BCUT2D eigenvalue weighted by Gasteiger charge is 2.25. The van der Waals surface area contributed by atoms with Crippen molar-refractivity contribution in [3.05, 3.63) is 0 Å². The maximum Gasteiger partial charge on any atom is 0.101 e. The van der Waals surface area contributed by atoms with Crippen molar-refractivity contribution in [1.29, 1.82) is 5.26 Å². The van der Waals surface area contributed by atoms with Gasteiger partial charge in [0.1, 0.15) is 5.54 Å². The summed E-state index contributed by atoms with van der Waals surface area (Å²) in [5.74, 6) is 0. The minimum atomic E-state index is -0.627. The van der Waals surface area contributed by atoms with Crippen LogP contribution in [0.1, 0.15) is 39.0 Å². The van der Waals surface area contributed by atoms with Crippen LogP contribution in [0.3, 0.4) is 0 Å². The predicted octanol–water partition coefficient (Wildman–Crippen LogP) is 1.49. The topological polar surface area (TPSA) is 53.0 Å². The Morgan fingerprint density at radius 2 is 2.14 bits per heavy atom. The second-order valence-electron chi connectivity index (χ2n) is 4.70. The third-order valence-corrected chi connectivity index (χ3v) is 2.88. The molecule has 0 spiro atoms. The molecule has 3 nitrogen and oxygen atoms in total. The van der Waals surface area contributed by atoms with Crippen LogP contribution in [0.2, 0.25) is 0 Å². The Kier molecular flexibility index (Phi) is 3.91. The number of hydrogen-bond donors (Lipinski definition) is 1. The van der Waals surface area contributed by atoms with Crippen molar-refractivity contribution < 1.29 is 0 Å². The van der Waals surface area contributed by atoms with E-state index in [1.807, 2.05) is 0 Å². The van der Waals surface area contributed by atoms with E-state index < -0.39 is 5.54 Å². The van der Waals surface area contributed by atoms with Crippen LogP contribution in [0.25, 0.3) is 0 Å². The number of nitrogens with two attached hydrogens (primary N) is 1. The molecule has 1 aliphatic rings. The van der Waals surface area contributed by atoms with E-state index in [9.17, 15) is 0 Å². The Morgan fingerprint density at radius 3 is 2.64 bits per heavy atom. The minimum Gasteiger partial charge on any atom is -0.314 e. The summed E-state index contributed by atoms with van der Waals surface area (Å²) in [6.07, 6.45) is 5.74. The molecule has 1 saturated carbocycles. The van der Waals surface area contributed by atoms with E-state index in [-0.39, 0.29) is 0 Å². The average Bonchev–Trinajstić information content (AvgIpc) is 2.95. The lowest BCUT2D eigenvalue weighted by Gasteiger charge is -2.18. The van der Waals surface area contributed by atoms with Gasteiger partial charge in [-0.05, 0) is 52.6 Å². The largest absolute Gasteiger partial charge is 0.314 e. The summed E-state index contributed by atoms with van der Waals surface area (Å²) in [4.78, 5) is 2.42. The van der Waals surface area contributed by atoms with Crippen LogP contribution in [-0.2, 0) is 0 Å². The molecule has 1 unspecified atom stereocenters. The van der Waals surface area contributed by atoms with Gasteiger partial charge in [-0.1, -0.05) is 0 Å². The van der Waals surface area contributed by atoms with Crippen molar-refractivity contribution in [2.24, 2.45) is 5.73 Å². The Morgan fingerprint density at radius 1 is 1.50 bits per heavy atom. The van der Waals surface area contributed by atoms with Crippen LogP contribution in [0.4, 0.5) is 0 Å². The van der Waals surface area contributed by atoms with Crippen molar-refractivity contribution in [2.45, 2.75) is 50.6 Å². The zero-order valence-corrected chi connectivity index (χ0v) is 9.29. The van der Waals surface area contributed by atoms with E-state index >= 15 is 0 Å². The average molecular weight is 195 g/mol. The summed E-state index contributed by atoms with van der Waals surface area (Å²) in [7, 11) is 2.18. The second-order valence-corrected chi connectivity index (χ2v) is 4.70. The quantitative estimate of drug-likeness (QED) is 0.653. The molecule has 1 fully saturated rings. The summed E-state index contributed by atoms with van der Waals surface area (Å²) >= 11 is 0. The van der Waals surface area contributed by atoms with Crippen molar-refractivity contribution >= 4 is 0 Å². The number of nitriles is 1. The summed E-state index contributed by atoms with van der Waals surface area (Å²) < 4.78 is 0. The highest BCUT2D eigenvalue weighted by Crippen LogP contribution is 2.25. The number of rotatable bonds is 6. The van der Waals surface area contributed by atoms with Crippen LogP contribution in [-0.4, -0.2) is 30.1 Å². The molecule has 3 heteroatoms. The second kappa shape index (κ2) is 4.77. The summed E-state index contributed by atoms with van der Waals surface area (Å²) in [5.41, 5.74) is 5.10. The van der Waals surface area contributed by atoms with Crippen molar-refractivity contribution in [1.82, 2.24) is 4.90 Å².